The van der Waals surface area contributed by atoms with Crippen LogP contribution in [0.3, 0.4) is 0 Å². The predicted molar refractivity (Wildman–Crippen MR) is 84.3 cm³/mol. The highest BCUT2D eigenvalue weighted by Gasteiger charge is 2.30. The van der Waals surface area contributed by atoms with E-state index in [0.717, 1.165) is 36.7 Å². The smallest absolute Gasteiger partial charge is 0.259 e. The molecule has 0 saturated carbocycles. The molecule has 0 unspecified atom stereocenters. The van der Waals surface area contributed by atoms with Crippen LogP contribution >= 0.6 is 0 Å². The van der Waals surface area contributed by atoms with Crippen molar-refractivity contribution in [3.05, 3.63) is 28.7 Å². The lowest BCUT2D eigenvalue weighted by Gasteiger charge is -2.33. The fraction of sp³-hybridized carbons (Fsp3) is 0.625. The van der Waals surface area contributed by atoms with Gasteiger partial charge >= 0.3 is 0 Å². The molecule has 1 fully saturated rings. The first kappa shape index (κ1) is 15.7. The van der Waals surface area contributed by atoms with Gasteiger partial charge in [0.05, 0.1) is 11.7 Å². The molecule has 1 aliphatic heterocycles. The lowest BCUT2D eigenvalue weighted by molar-refractivity contribution is 0.0668. The highest BCUT2D eigenvalue weighted by molar-refractivity contribution is 5.96. The molecule has 2 aromatic heterocycles. The number of aryl methyl sites for hydroxylation is 4. The zero-order valence-electron chi connectivity index (χ0n) is 14.2. The van der Waals surface area contributed by atoms with Gasteiger partial charge in [0.25, 0.3) is 5.91 Å². The number of nitrogens with zero attached hydrogens (tertiary/aromatic N) is 5. The Morgan fingerprint density at radius 3 is 2.78 bits per heavy atom. The summed E-state index contributed by atoms with van der Waals surface area (Å²) in [5, 5.41) is 8.47. The Hall–Kier alpha value is -2.18. The Bertz CT molecular complexity index is 718. The topological polar surface area (TPSA) is 77.0 Å². The second-order valence-electron chi connectivity index (χ2n) is 6.11. The number of aromatic nitrogens is 4. The van der Waals surface area contributed by atoms with Gasteiger partial charge in [-0.25, -0.2) is 9.67 Å². The maximum Gasteiger partial charge on any atom is 0.259 e. The molecule has 2 aromatic rings. The molecule has 7 nitrogen and oxygen atoms in total. The standard InChI is InChI=1S/C16H23N5O2/c1-5-14-15(10(2)23-19-14)16(22)20-8-6-7-13(9-20)21-12(4)17-11(3)18-21/h13H,5-9H2,1-4H3/t13-/m0/s1. The van der Waals surface area contributed by atoms with E-state index < -0.39 is 0 Å². The van der Waals surface area contributed by atoms with E-state index in [0.29, 0.717) is 24.3 Å². The third-order valence-corrected chi connectivity index (χ3v) is 4.42. The number of likely N-dealkylation sites (tertiary alicyclic amines) is 1. The fourth-order valence-corrected chi connectivity index (χ4v) is 3.31. The fourth-order valence-electron chi connectivity index (χ4n) is 3.31. The van der Waals surface area contributed by atoms with Crippen molar-refractivity contribution in [2.45, 2.75) is 53.0 Å². The summed E-state index contributed by atoms with van der Waals surface area (Å²) in [6, 6.07) is 0.180. The minimum Gasteiger partial charge on any atom is -0.361 e. The normalized spacial score (nSPS) is 18.4. The van der Waals surface area contributed by atoms with Crippen LogP contribution in [-0.2, 0) is 6.42 Å². The van der Waals surface area contributed by atoms with Gasteiger partial charge in [-0.3, -0.25) is 4.79 Å². The maximum atomic E-state index is 12.9. The molecule has 1 atom stereocenters. The highest BCUT2D eigenvalue weighted by atomic mass is 16.5. The van der Waals surface area contributed by atoms with Crippen molar-refractivity contribution in [3.8, 4) is 0 Å². The van der Waals surface area contributed by atoms with Crippen LogP contribution in [-0.4, -0.2) is 43.8 Å². The van der Waals surface area contributed by atoms with Gasteiger partial charge in [0.2, 0.25) is 0 Å². The third-order valence-electron chi connectivity index (χ3n) is 4.42. The van der Waals surface area contributed by atoms with E-state index in [1.54, 1.807) is 6.92 Å². The maximum absolute atomic E-state index is 12.9. The van der Waals surface area contributed by atoms with Crippen LogP contribution < -0.4 is 0 Å². The number of hydrogen-bond donors (Lipinski definition) is 0. The van der Waals surface area contributed by atoms with E-state index in [1.807, 2.05) is 30.4 Å². The molecule has 3 rings (SSSR count). The average Bonchev–Trinajstić information content (AvgIpc) is 3.08. The molecule has 0 spiro atoms. The van der Waals surface area contributed by atoms with Gasteiger partial charge in [-0.1, -0.05) is 12.1 Å². The molecule has 0 radical (unpaired) electrons. The summed E-state index contributed by atoms with van der Waals surface area (Å²) in [4.78, 5) is 19.2. The number of amides is 1. The summed E-state index contributed by atoms with van der Waals surface area (Å²) in [6.07, 6.45) is 2.66. The molecule has 7 heteroatoms. The summed E-state index contributed by atoms with van der Waals surface area (Å²) in [5.41, 5.74) is 1.36. The lowest BCUT2D eigenvalue weighted by Crippen LogP contribution is -2.41. The Labute approximate surface area is 135 Å². The monoisotopic (exact) mass is 317 g/mol. The van der Waals surface area contributed by atoms with E-state index in [-0.39, 0.29) is 11.9 Å². The summed E-state index contributed by atoms with van der Waals surface area (Å²) >= 11 is 0. The molecule has 0 aliphatic carbocycles. The minimum atomic E-state index is 0.0137. The lowest BCUT2D eigenvalue weighted by atomic mass is 10.0. The van der Waals surface area contributed by atoms with E-state index in [2.05, 4.69) is 15.2 Å². The third kappa shape index (κ3) is 2.87. The molecular formula is C16H23N5O2. The molecule has 0 bridgehead atoms. The second kappa shape index (κ2) is 6.14. The summed E-state index contributed by atoms with van der Waals surface area (Å²) < 4.78 is 7.16. The van der Waals surface area contributed by atoms with Crippen molar-refractivity contribution < 1.29 is 9.32 Å². The number of carbonyl (C=O) groups is 1. The van der Waals surface area contributed by atoms with Crippen molar-refractivity contribution in [2.24, 2.45) is 0 Å². The Morgan fingerprint density at radius 2 is 2.13 bits per heavy atom. The Kier molecular flexibility index (Phi) is 4.19. The number of hydrogen-bond acceptors (Lipinski definition) is 5. The van der Waals surface area contributed by atoms with Gasteiger partial charge in [-0.05, 0) is 40.0 Å². The Morgan fingerprint density at radius 1 is 1.35 bits per heavy atom. The average molecular weight is 317 g/mol. The van der Waals surface area contributed by atoms with Gasteiger partial charge in [0, 0.05) is 13.1 Å². The first-order valence-electron chi connectivity index (χ1n) is 8.15. The van der Waals surface area contributed by atoms with Gasteiger partial charge in [-0.15, -0.1) is 0 Å². The first-order chi connectivity index (χ1) is 11.0. The molecular weight excluding hydrogens is 294 g/mol. The van der Waals surface area contributed by atoms with Crippen LogP contribution in [0.5, 0.6) is 0 Å². The summed E-state index contributed by atoms with van der Waals surface area (Å²) in [5.74, 6) is 2.29. The van der Waals surface area contributed by atoms with Crippen LogP contribution in [0.2, 0.25) is 0 Å². The zero-order valence-corrected chi connectivity index (χ0v) is 14.2. The molecule has 1 saturated heterocycles. The molecule has 0 N–H and O–H groups in total. The number of rotatable bonds is 3. The van der Waals surface area contributed by atoms with Crippen molar-refractivity contribution in [1.82, 2.24) is 24.8 Å². The molecule has 1 aliphatic rings. The quantitative estimate of drug-likeness (QED) is 0.867. The van der Waals surface area contributed by atoms with Crippen LogP contribution in [0.25, 0.3) is 0 Å². The summed E-state index contributed by atoms with van der Waals surface area (Å²) in [7, 11) is 0. The molecule has 23 heavy (non-hydrogen) atoms. The van der Waals surface area contributed by atoms with Crippen LogP contribution in [0.4, 0.5) is 0 Å². The van der Waals surface area contributed by atoms with Gasteiger partial charge in [-0.2, -0.15) is 5.10 Å². The Balaban J connectivity index is 1.82. The van der Waals surface area contributed by atoms with E-state index in [4.69, 9.17) is 4.52 Å². The minimum absolute atomic E-state index is 0.0137. The van der Waals surface area contributed by atoms with Crippen molar-refractivity contribution in [3.63, 3.8) is 0 Å². The number of piperidine rings is 1. The largest absolute Gasteiger partial charge is 0.361 e. The molecule has 1 amide bonds. The summed E-state index contributed by atoms with van der Waals surface area (Å²) in [6.45, 7) is 9.04. The van der Waals surface area contributed by atoms with Crippen LogP contribution in [0, 0.1) is 20.8 Å². The van der Waals surface area contributed by atoms with E-state index in [1.165, 1.54) is 0 Å². The van der Waals surface area contributed by atoms with E-state index in [9.17, 15) is 4.79 Å². The first-order valence-corrected chi connectivity index (χ1v) is 8.15. The van der Waals surface area contributed by atoms with Gasteiger partial charge < -0.3 is 9.42 Å². The zero-order chi connectivity index (χ0) is 16.6. The predicted octanol–water partition coefficient (Wildman–Crippen LogP) is 2.23. The van der Waals surface area contributed by atoms with Crippen LogP contribution in [0.15, 0.2) is 4.52 Å². The van der Waals surface area contributed by atoms with Crippen molar-refractivity contribution in [1.29, 1.82) is 0 Å². The second-order valence-corrected chi connectivity index (χ2v) is 6.11. The highest BCUT2D eigenvalue weighted by Crippen LogP contribution is 2.25. The van der Waals surface area contributed by atoms with E-state index >= 15 is 0 Å². The van der Waals surface area contributed by atoms with Crippen molar-refractivity contribution >= 4 is 5.91 Å². The number of carbonyl (C=O) groups excluding carboxylic acids is 1. The van der Waals surface area contributed by atoms with Crippen molar-refractivity contribution in [2.75, 3.05) is 13.1 Å². The molecule has 124 valence electrons. The molecule has 0 aromatic carbocycles. The van der Waals surface area contributed by atoms with Gasteiger partial charge in [0.1, 0.15) is 23.0 Å². The van der Waals surface area contributed by atoms with Crippen LogP contribution in [0.1, 0.15) is 59.3 Å². The molecule has 3 heterocycles. The van der Waals surface area contributed by atoms with Gasteiger partial charge in [0.15, 0.2) is 0 Å². The SMILES string of the molecule is CCc1noc(C)c1C(=O)N1CCC[C@H](n2nc(C)nc2C)C1.